The summed E-state index contributed by atoms with van der Waals surface area (Å²) in [6, 6.07) is 6.52. The van der Waals surface area contributed by atoms with Crippen LogP contribution >= 0.6 is 12.4 Å². The first-order chi connectivity index (χ1) is 11.6. The van der Waals surface area contributed by atoms with Gasteiger partial charge in [-0.1, -0.05) is 12.1 Å². The fourth-order valence-corrected chi connectivity index (χ4v) is 3.27. The first-order valence-electron chi connectivity index (χ1n) is 8.24. The molecule has 1 amide bonds. The zero-order valence-electron chi connectivity index (χ0n) is 13.9. The number of piperazine rings is 1. The van der Waals surface area contributed by atoms with Crippen LogP contribution in [0.25, 0.3) is 0 Å². The molecule has 2 saturated heterocycles. The molecular formula is C16H23ClN4O4. The molecule has 0 radical (unpaired) electrons. The van der Waals surface area contributed by atoms with Gasteiger partial charge in [-0.2, -0.15) is 0 Å². The molecule has 0 aliphatic carbocycles. The quantitative estimate of drug-likeness (QED) is 0.612. The minimum Gasteiger partial charge on any atom is -0.477 e. The lowest BCUT2D eigenvalue weighted by molar-refractivity contribution is -0.385. The summed E-state index contributed by atoms with van der Waals surface area (Å²) in [7, 11) is 0. The molecule has 1 unspecified atom stereocenters. The highest BCUT2D eigenvalue weighted by atomic mass is 35.5. The van der Waals surface area contributed by atoms with Gasteiger partial charge in [0.05, 0.1) is 4.92 Å². The van der Waals surface area contributed by atoms with Gasteiger partial charge in [0.15, 0.2) is 12.4 Å². The summed E-state index contributed by atoms with van der Waals surface area (Å²) in [6.07, 6.45) is 0.969. The molecule has 0 aromatic heterocycles. The van der Waals surface area contributed by atoms with E-state index in [1.807, 2.05) is 0 Å². The van der Waals surface area contributed by atoms with E-state index in [1.165, 1.54) is 12.1 Å². The average molecular weight is 371 g/mol. The summed E-state index contributed by atoms with van der Waals surface area (Å²) in [5, 5.41) is 14.3. The number of nitro groups is 1. The summed E-state index contributed by atoms with van der Waals surface area (Å²) < 4.78 is 5.40. The Balaban J connectivity index is 0.00000225. The van der Waals surface area contributed by atoms with E-state index in [2.05, 4.69) is 10.2 Å². The van der Waals surface area contributed by atoms with Crippen molar-refractivity contribution in [2.75, 3.05) is 45.9 Å². The molecule has 138 valence electrons. The number of nitro benzene ring substituents is 1. The number of rotatable bonds is 5. The number of ether oxygens (including phenoxy) is 1. The molecule has 1 N–H and O–H groups in total. The van der Waals surface area contributed by atoms with Crippen molar-refractivity contribution in [3.63, 3.8) is 0 Å². The van der Waals surface area contributed by atoms with Crippen LogP contribution in [-0.2, 0) is 4.79 Å². The fourth-order valence-electron chi connectivity index (χ4n) is 3.27. The molecule has 0 spiro atoms. The highest BCUT2D eigenvalue weighted by Crippen LogP contribution is 2.26. The third kappa shape index (κ3) is 4.81. The van der Waals surface area contributed by atoms with Gasteiger partial charge < -0.3 is 15.0 Å². The van der Waals surface area contributed by atoms with Crippen LogP contribution in [-0.4, -0.2) is 72.5 Å². The second-order valence-electron chi connectivity index (χ2n) is 6.08. The van der Waals surface area contributed by atoms with Crippen molar-refractivity contribution < 1.29 is 14.5 Å². The van der Waals surface area contributed by atoms with Gasteiger partial charge in [-0.25, -0.2) is 0 Å². The van der Waals surface area contributed by atoms with Crippen molar-refractivity contribution >= 4 is 24.0 Å². The lowest BCUT2D eigenvalue weighted by Gasteiger charge is -2.32. The van der Waals surface area contributed by atoms with Crippen molar-refractivity contribution in [1.29, 1.82) is 0 Å². The standard InChI is InChI=1S/C16H22N4O4.ClH/c21-16(12-24-15-4-2-1-3-14(15)20(22)23)19-8-5-13(11-19)18-9-6-17-7-10-18;/h1-4,13,17H,5-12H2;1H. The van der Waals surface area contributed by atoms with Gasteiger partial charge in [0.25, 0.3) is 5.91 Å². The zero-order valence-corrected chi connectivity index (χ0v) is 14.7. The molecular weight excluding hydrogens is 348 g/mol. The number of benzene rings is 1. The number of amides is 1. The summed E-state index contributed by atoms with van der Waals surface area (Å²) in [4.78, 5) is 27.0. The number of para-hydroxylation sites is 2. The molecule has 1 aromatic rings. The molecule has 2 aliphatic heterocycles. The Morgan fingerprint density at radius 2 is 2.00 bits per heavy atom. The predicted molar refractivity (Wildman–Crippen MR) is 95.3 cm³/mol. The van der Waals surface area contributed by atoms with Crippen LogP contribution in [0.4, 0.5) is 5.69 Å². The Bertz CT molecular complexity index is 610. The van der Waals surface area contributed by atoms with Crippen LogP contribution in [0, 0.1) is 10.1 Å². The molecule has 3 rings (SSSR count). The van der Waals surface area contributed by atoms with E-state index in [9.17, 15) is 14.9 Å². The maximum absolute atomic E-state index is 12.3. The average Bonchev–Trinajstić information content (AvgIpc) is 3.11. The number of halogens is 1. The predicted octanol–water partition coefficient (Wildman–Crippen LogP) is 0.901. The number of nitrogens with one attached hydrogen (secondary N) is 1. The number of carbonyl (C=O) groups is 1. The highest BCUT2D eigenvalue weighted by molar-refractivity contribution is 5.85. The molecule has 2 aliphatic rings. The molecule has 8 nitrogen and oxygen atoms in total. The highest BCUT2D eigenvalue weighted by Gasteiger charge is 2.31. The number of nitrogens with zero attached hydrogens (tertiary/aromatic N) is 3. The van der Waals surface area contributed by atoms with Crippen LogP contribution in [0.3, 0.4) is 0 Å². The van der Waals surface area contributed by atoms with Gasteiger partial charge in [-0.05, 0) is 12.5 Å². The second-order valence-corrected chi connectivity index (χ2v) is 6.08. The van der Waals surface area contributed by atoms with E-state index in [1.54, 1.807) is 17.0 Å². The monoisotopic (exact) mass is 370 g/mol. The van der Waals surface area contributed by atoms with Crippen molar-refractivity contribution in [1.82, 2.24) is 15.1 Å². The minimum atomic E-state index is -0.504. The molecule has 2 heterocycles. The number of hydrogen-bond donors (Lipinski definition) is 1. The number of carbonyl (C=O) groups excluding carboxylic acids is 1. The van der Waals surface area contributed by atoms with Crippen LogP contribution in [0.5, 0.6) is 5.75 Å². The van der Waals surface area contributed by atoms with Crippen LogP contribution in [0.15, 0.2) is 24.3 Å². The van der Waals surface area contributed by atoms with E-state index < -0.39 is 4.92 Å². The molecule has 2 fully saturated rings. The Kier molecular flexibility index (Phi) is 6.98. The summed E-state index contributed by atoms with van der Waals surface area (Å²) >= 11 is 0. The van der Waals surface area contributed by atoms with E-state index >= 15 is 0 Å². The summed E-state index contributed by atoms with van der Waals surface area (Å²) in [6.45, 7) is 5.27. The smallest absolute Gasteiger partial charge is 0.310 e. The molecule has 25 heavy (non-hydrogen) atoms. The van der Waals surface area contributed by atoms with Gasteiger partial charge >= 0.3 is 5.69 Å². The van der Waals surface area contributed by atoms with Crippen molar-refractivity contribution in [3.05, 3.63) is 34.4 Å². The second kappa shape index (κ2) is 8.98. The Morgan fingerprint density at radius 1 is 1.28 bits per heavy atom. The van der Waals surface area contributed by atoms with E-state index in [0.717, 1.165) is 32.6 Å². The SMILES string of the molecule is Cl.O=C(COc1ccccc1[N+](=O)[O-])N1CCC(N2CCNCC2)C1. The van der Waals surface area contributed by atoms with Crippen LogP contribution in [0.2, 0.25) is 0 Å². The van der Waals surface area contributed by atoms with Gasteiger partial charge in [0.1, 0.15) is 0 Å². The normalized spacial score (nSPS) is 20.8. The Labute approximate surface area is 152 Å². The van der Waals surface area contributed by atoms with Crippen molar-refractivity contribution in [2.24, 2.45) is 0 Å². The zero-order chi connectivity index (χ0) is 16.9. The van der Waals surface area contributed by atoms with Gasteiger partial charge in [0, 0.05) is 51.4 Å². The minimum absolute atomic E-state index is 0. The van der Waals surface area contributed by atoms with Gasteiger partial charge in [-0.15, -0.1) is 12.4 Å². The molecule has 0 saturated carbocycles. The van der Waals surface area contributed by atoms with Crippen molar-refractivity contribution in [3.8, 4) is 5.75 Å². The molecule has 1 aromatic carbocycles. The Hall–Kier alpha value is -1.90. The first kappa shape index (κ1) is 19.4. The fraction of sp³-hybridized carbons (Fsp3) is 0.562. The maximum Gasteiger partial charge on any atom is 0.310 e. The molecule has 1 atom stereocenters. The summed E-state index contributed by atoms with van der Waals surface area (Å²) in [5.74, 6) is 0.0134. The van der Waals surface area contributed by atoms with E-state index in [0.29, 0.717) is 19.1 Å². The third-order valence-electron chi connectivity index (χ3n) is 4.60. The first-order valence-corrected chi connectivity index (χ1v) is 8.24. The maximum atomic E-state index is 12.3. The lowest BCUT2D eigenvalue weighted by Crippen LogP contribution is -2.49. The molecule has 9 heteroatoms. The summed E-state index contributed by atoms with van der Waals surface area (Å²) in [5.41, 5.74) is -0.120. The van der Waals surface area contributed by atoms with E-state index in [-0.39, 0.29) is 36.4 Å². The van der Waals surface area contributed by atoms with Gasteiger partial charge in [0.2, 0.25) is 0 Å². The number of hydrogen-bond acceptors (Lipinski definition) is 6. The van der Waals surface area contributed by atoms with Crippen molar-refractivity contribution in [2.45, 2.75) is 12.5 Å². The van der Waals surface area contributed by atoms with Gasteiger partial charge in [-0.3, -0.25) is 19.8 Å². The van der Waals surface area contributed by atoms with E-state index in [4.69, 9.17) is 4.74 Å². The Morgan fingerprint density at radius 3 is 2.72 bits per heavy atom. The van der Waals surface area contributed by atoms with Crippen LogP contribution in [0.1, 0.15) is 6.42 Å². The lowest BCUT2D eigenvalue weighted by atomic mass is 10.2. The topological polar surface area (TPSA) is 87.9 Å². The molecule has 0 bridgehead atoms. The third-order valence-corrected chi connectivity index (χ3v) is 4.60. The van der Waals surface area contributed by atoms with Crippen LogP contribution < -0.4 is 10.1 Å². The largest absolute Gasteiger partial charge is 0.477 e. The number of likely N-dealkylation sites (tertiary alicyclic amines) is 1.